The molecule has 0 atom stereocenters. The van der Waals surface area contributed by atoms with E-state index in [-0.39, 0.29) is 13.2 Å². The Morgan fingerprint density at radius 1 is 0.488 bits per heavy atom. The lowest BCUT2D eigenvalue weighted by atomic mass is 10.0. The molecular weight excluding hydrogens is 531 g/mol. The topological polar surface area (TPSA) is 54.0 Å². The van der Waals surface area contributed by atoms with Crippen molar-refractivity contribution in [3.05, 3.63) is 59.7 Å². The van der Waals surface area contributed by atoms with Crippen molar-refractivity contribution in [3.63, 3.8) is 0 Å². The first-order valence-electron chi connectivity index (χ1n) is 16.3. The molecule has 0 fully saturated rings. The molecule has 0 aliphatic rings. The summed E-state index contributed by atoms with van der Waals surface area (Å²) < 4.78 is 35.0. The maximum absolute atomic E-state index is 12.6. The molecule has 0 saturated carbocycles. The molecular formula is C35H57O5P. The van der Waals surface area contributed by atoms with Crippen LogP contribution in [-0.4, -0.2) is 33.1 Å². The van der Waals surface area contributed by atoms with Crippen LogP contribution in [0.5, 0.6) is 11.5 Å². The smallest absolute Gasteiger partial charge is 0.327 e. The molecule has 0 N–H and O–H groups in total. The van der Waals surface area contributed by atoms with E-state index in [4.69, 9.17) is 18.5 Å². The van der Waals surface area contributed by atoms with Crippen molar-refractivity contribution in [2.45, 2.75) is 117 Å². The minimum absolute atomic E-state index is 0.203. The quantitative estimate of drug-likeness (QED) is 0.0808. The van der Waals surface area contributed by atoms with E-state index in [1.807, 2.05) is 24.3 Å². The zero-order valence-electron chi connectivity index (χ0n) is 26.2. The van der Waals surface area contributed by atoms with Crippen molar-refractivity contribution in [1.29, 1.82) is 0 Å². The van der Waals surface area contributed by atoms with E-state index in [0.29, 0.717) is 13.2 Å². The third kappa shape index (κ3) is 18.4. The molecule has 232 valence electrons. The summed E-state index contributed by atoms with van der Waals surface area (Å²) in [5.41, 5.74) is 2.69. The summed E-state index contributed by atoms with van der Waals surface area (Å²) in [5.74, 6) is 1.59. The van der Waals surface area contributed by atoms with Gasteiger partial charge in [0.2, 0.25) is 0 Å². The van der Waals surface area contributed by atoms with Gasteiger partial charge in [-0.1, -0.05) is 115 Å². The van der Waals surface area contributed by atoms with Gasteiger partial charge in [-0.05, 0) is 61.1 Å². The third-order valence-corrected chi connectivity index (χ3v) is 8.64. The van der Waals surface area contributed by atoms with Crippen molar-refractivity contribution in [2.75, 3.05) is 33.1 Å². The van der Waals surface area contributed by atoms with Gasteiger partial charge in [-0.2, -0.15) is 0 Å². The molecule has 0 saturated heterocycles. The number of hydrogen-bond donors (Lipinski definition) is 0. The number of unbranched alkanes of at least 4 members (excludes halogenated alkanes) is 12. The first-order valence-corrected chi connectivity index (χ1v) is 18.3. The number of rotatable bonds is 26. The van der Waals surface area contributed by atoms with Crippen LogP contribution in [0.3, 0.4) is 0 Å². The zero-order chi connectivity index (χ0) is 29.4. The lowest BCUT2D eigenvalue weighted by Crippen LogP contribution is -2.09. The second kappa shape index (κ2) is 22.7. The number of ether oxygens (including phenoxy) is 2. The maximum Gasteiger partial charge on any atom is 0.327 e. The molecule has 0 aromatic heterocycles. The van der Waals surface area contributed by atoms with Crippen LogP contribution in [0, 0.1) is 0 Å². The molecule has 0 spiro atoms. The van der Waals surface area contributed by atoms with E-state index in [2.05, 4.69) is 38.1 Å². The maximum atomic E-state index is 12.6. The van der Waals surface area contributed by atoms with Crippen LogP contribution in [-0.2, 0) is 26.5 Å². The Bertz CT molecular complexity index is 855. The van der Waals surface area contributed by atoms with E-state index in [1.54, 1.807) is 0 Å². The average Bonchev–Trinajstić information content (AvgIpc) is 2.98. The van der Waals surface area contributed by atoms with E-state index < -0.39 is 7.60 Å². The van der Waals surface area contributed by atoms with Gasteiger partial charge in [0.25, 0.3) is 0 Å². The van der Waals surface area contributed by atoms with Gasteiger partial charge in [0.1, 0.15) is 24.7 Å². The monoisotopic (exact) mass is 588 g/mol. The SMILES string of the molecule is CCCCCCCCCc1ccc(OCCOP(C)(=O)OCCOc2ccc(CCCCCCCCC)cc2)cc1. The van der Waals surface area contributed by atoms with Crippen molar-refractivity contribution in [1.82, 2.24) is 0 Å². The number of benzene rings is 2. The van der Waals surface area contributed by atoms with Crippen molar-refractivity contribution < 1.29 is 23.1 Å². The highest BCUT2D eigenvalue weighted by Gasteiger charge is 2.16. The molecule has 0 heterocycles. The Hall–Kier alpha value is -1.81. The zero-order valence-corrected chi connectivity index (χ0v) is 27.1. The standard InChI is InChI=1S/C35H57O5P/c1-4-6-8-10-12-14-16-18-32-20-24-34(25-21-32)37-28-30-39-41(3,36)40-31-29-38-35-26-22-33(23-27-35)19-17-15-13-11-9-7-5-2/h20-27H,4-19,28-31H2,1-3H3. The van der Waals surface area contributed by atoms with Gasteiger partial charge in [-0.25, -0.2) is 0 Å². The largest absolute Gasteiger partial charge is 0.491 e. The Morgan fingerprint density at radius 2 is 0.829 bits per heavy atom. The van der Waals surface area contributed by atoms with Gasteiger partial charge in [0.15, 0.2) is 0 Å². The van der Waals surface area contributed by atoms with Gasteiger partial charge in [-0.15, -0.1) is 0 Å². The van der Waals surface area contributed by atoms with Crippen LogP contribution < -0.4 is 9.47 Å². The van der Waals surface area contributed by atoms with Crippen LogP contribution in [0.25, 0.3) is 0 Å². The fourth-order valence-corrected chi connectivity index (χ4v) is 5.73. The Kier molecular flexibility index (Phi) is 19.6. The van der Waals surface area contributed by atoms with Gasteiger partial charge >= 0.3 is 7.60 Å². The van der Waals surface area contributed by atoms with Crippen LogP contribution in [0.1, 0.15) is 115 Å². The Balaban J connectivity index is 1.50. The van der Waals surface area contributed by atoms with E-state index >= 15 is 0 Å². The predicted octanol–water partition coefficient (Wildman–Crippen LogP) is 10.6. The fourth-order valence-electron chi connectivity index (χ4n) is 4.84. The second-order valence-electron chi connectivity index (χ2n) is 11.2. The molecule has 2 rings (SSSR count). The third-order valence-electron chi connectivity index (χ3n) is 7.34. The van der Waals surface area contributed by atoms with E-state index in [1.165, 1.54) is 108 Å². The van der Waals surface area contributed by atoms with Gasteiger partial charge in [0.05, 0.1) is 13.2 Å². The highest BCUT2D eigenvalue weighted by atomic mass is 31.2. The molecule has 41 heavy (non-hydrogen) atoms. The van der Waals surface area contributed by atoms with Gasteiger partial charge in [0, 0.05) is 6.66 Å². The lowest BCUT2D eigenvalue weighted by molar-refractivity contribution is 0.155. The molecule has 0 amide bonds. The summed E-state index contributed by atoms with van der Waals surface area (Å²) >= 11 is 0. The average molecular weight is 589 g/mol. The van der Waals surface area contributed by atoms with Crippen LogP contribution >= 0.6 is 7.60 Å². The summed E-state index contributed by atoms with van der Waals surface area (Å²) in [6.07, 6.45) is 20.8. The predicted molar refractivity (Wildman–Crippen MR) is 173 cm³/mol. The Labute approximate surface area is 251 Å². The fraction of sp³-hybridized carbons (Fsp3) is 0.657. The highest BCUT2D eigenvalue weighted by molar-refractivity contribution is 7.52. The van der Waals surface area contributed by atoms with Gasteiger partial charge < -0.3 is 18.5 Å². The van der Waals surface area contributed by atoms with E-state index in [9.17, 15) is 4.57 Å². The minimum Gasteiger partial charge on any atom is -0.491 e. The van der Waals surface area contributed by atoms with Crippen LogP contribution in [0.2, 0.25) is 0 Å². The molecule has 0 aliphatic heterocycles. The first-order chi connectivity index (χ1) is 20.0. The van der Waals surface area contributed by atoms with Crippen LogP contribution in [0.4, 0.5) is 0 Å². The van der Waals surface area contributed by atoms with E-state index in [0.717, 1.165) is 24.3 Å². The molecule has 6 heteroatoms. The summed E-state index contributed by atoms with van der Waals surface area (Å²) in [7, 11) is -3.16. The number of hydrogen-bond acceptors (Lipinski definition) is 5. The Morgan fingerprint density at radius 3 is 1.20 bits per heavy atom. The summed E-state index contributed by atoms with van der Waals surface area (Å²) in [6.45, 7) is 7.05. The van der Waals surface area contributed by atoms with Crippen LogP contribution in [0.15, 0.2) is 48.5 Å². The molecule has 2 aromatic carbocycles. The molecule has 0 unspecified atom stereocenters. The molecule has 0 radical (unpaired) electrons. The molecule has 5 nitrogen and oxygen atoms in total. The summed E-state index contributed by atoms with van der Waals surface area (Å²) in [5, 5.41) is 0. The first kappa shape index (κ1) is 35.4. The lowest BCUT2D eigenvalue weighted by Gasteiger charge is -2.15. The van der Waals surface area contributed by atoms with Crippen molar-refractivity contribution in [3.8, 4) is 11.5 Å². The minimum atomic E-state index is -3.16. The molecule has 2 aromatic rings. The van der Waals surface area contributed by atoms with Crippen molar-refractivity contribution in [2.24, 2.45) is 0 Å². The van der Waals surface area contributed by atoms with Gasteiger partial charge in [-0.3, -0.25) is 4.57 Å². The summed E-state index contributed by atoms with van der Waals surface area (Å²) in [6, 6.07) is 16.5. The summed E-state index contributed by atoms with van der Waals surface area (Å²) in [4.78, 5) is 0. The molecule has 0 aliphatic carbocycles. The van der Waals surface area contributed by atoms with Crippen molar-refractivity contribution >= 4 is 7.60 Å². The normalized spacial score (nSPS) is 11.6. The second-order valence-corrected chi connectivity index (χ2v) is 13.2. The highest BCUT2D eigenvalue weighted by Crippen LogP contribution is 2.43. The number of aryl methyl sites for hydroxylation is 2. The molecule has 0 bridgehead atoms.